The quantitative estimate of drug-likeness (QED) is 0.538. The van der Waals surface area contributed by atoms with Gasteiger partial charge in [0.05, 0.1) is 5.71 Å². The largest absolute Gasteiger partial charge is 0.493 e. The smallest absolute Gasteiger partial charge is 0.209 e. The Balaban J connectivity index is 0. The van der Waals surface area contributed by atoms with Crippen LogP contribution < -0.4 is 0 Å². The zero-order valence-corrected chi connectivity index (χ0v) is 11.5. The third-order valence-corrected chi connectivity index (χ3v) is 1.62. The first kappa shape index (κ1) is 17.1. The molecule has 1 N–H and O–H groups in total. The summed E-state index contributed by atoms with van der Waals surface area (Å²) in [4.78, 5) is 4.08. The van der Waals surface area contributed by atoms with Crippen molar-refractivity contribution in [2.75, 3.05) is 0 Å². The summed E-state index contributed by atoms with van der Waals surface area (Å²) in [6.07, 6.45) is 4.81. The highest BCUT2D eigenvalue weighted by molar-refractivity contribution is 6.07. The second-order valence-electron chi connectivity index (χ2n) is 3.41. The van der Waals surface area contributed by atoms with Gasteiger partial charge in [0.2, 0.25) is 5.88 Å². The van der Waals surface area contributed by atoms with E-state index in [1.165, 1.54) is 0 Å². The van der Waals surface area contributed by atoms with Crippen LogP contribution in [0.5, 0.6) is 0 Å². The lowest BCUT2D eigenvalue weighted by atomic mass is 10.2. The van der Waals surface area contributed by atoms with E-state index in [-0.39, 0.29) is 5.88 Å². The molecule has 0 fully saturated rings. The average molecular weight is 223 g/mol. The molecule has 0 unspecified atom stereocenters. The molecule has 0 aliphatic heterocycles. The molecule has 0 saturated heterocycles. The summed E-state index contributed by atoms with van der Waals surface area (Å²) in [7, 11) is 0. The Hall–Kier alpha value is -1.31. The predicted molar refractivity (Wildman–Crippen MR) is 74.0 cm³/mol. The Morgan fingerprint density at radius 1 is 1.25 bits per heavy atom. The van der Waals surface area contributed by atoms with E-state index in [9.17, 15) is 5.11 Å². The van der Waals surface area contributed by atoms with Gasteiger partial charge in [0, 0.05) is 0 Å². The first-order chi connectivity index (χ1) is 7.49. The molecule has 0 aromatic carbocycles. The van der Waals surface area contributed by atoms with Gasteiger partial charge in [-0.1, -0.05) is 33.4 Å². The van der Waals surface area contributed by atoms with Crippen LogP contribution in [0.4, 0.5) is 0 Å². The summed E-state index contributed by atoms with van der Waals surface area (Å²) in [6.45, 7) is 15.4. The van der Waals surface area contributed by atoms with E-state index < -0.39 is 0 Å². The number of aliphatic hydroxyl groups excluding tert-OH is 1. The van der Waals surface area contributed by atoms with E-state index in [0.29, 0.717) is 0 Å². The molecule has 0 aromatic heterocycles. The predicted octanol–water partition coefficient (Wildman–Crippen LogP) is 4.81. The van der Waals surface area contributed by atoms with Crippen LogP contribution in [0, 0.1) is 0 Å². The molecule has 0 radical (unpaired) electrons. The number of hydrogen-bond acceptors (Lipinski definition) is 2. The van der Waals surface area contributed by atoms with Crippen molar-refractivity contribution in [2.24, 2.45) is 4.99 Å². The Bertz CT molecular complexity index is 292. The van der Waals surface area contributed by atoms with E-state index in [1.54, 1.807) is 0 Å². The number of hydrogen-bond donors (Lipinski definition) is 1. The van der Waals surface area contributed by atoms with Crippen molar-refractivity contribution in [2.45, 2.75) is 48.0 Å². The van der Waals surface area contributed by atoms with Crippen LogP contribution in [0.3, 0.4) is 0 Å². The minimum atomic E-state index is 0.0729. The number of aliphatic imine (C=N–C) groups is 1. The summed E-state index contributed by atoms with van der Waals surface area (Å²) in [6, 6.07) is 0. The lowest BCUT2D eigenvalue weighted by Gasteiger charge is -2.00. The normalized spacial score (nSPS) is 10.8. The van der Waals surface area contributed by atoms with Crippen molar-refractivity contribution >= 4 is 5.71 Å². The monoisotopic (exact) mass is 223 g/mol. The van der Waals surface area contributed by atoms with E-state index in [0.717, 1.165) is 23.3 Å². The Kier molecular flexibility index (Phi) is 10.9. The molecule has 0 rings (SSSR count). The Morgan fingerprint density at radius 2 is 1.75 bits per heavy atom. The second kappa shape index (κ2) is 10.2. The van der Waals surface area contributed by atoms with Crippen molar-refractivity contribution in [3.05, 3.63) is 35.8 Å². The topological polar surface area (TPSA) is 32.6 Å². The fourth-order valence-electron chi connectivity index (χ4n) is 0.730. The van der Waals surface area contributed by atoms with Crippen LogP contribution >= 0.6 is 0 Å². The van der Waals surface area contributed by atoms with Gasteiger partial charge >= 0.3 is 0 Å². The van der Waals surface area contributed by atoms with Crippen LogP contribution in [0.25, 0.3) is 0 Å². The van der Waals surface area contributed by atoms with E-state index in [1.807, 2.05) is 53.7 Å². The molecule has 0 heterocycles. The first-order valence-electron chi connectivity index (χ1n) is 5.76. The van der Waals surface area contributed by atoms with Crippen molar-refractivity contribution in [3.8, 4) is 0 Å². The summed E-state index contributed by atoms with van der Waals surface area (Å²) in [5.41, 5.74) is 2.38. The van der Waals surface area contributed by atoms with Crippen molar-refractivity contribution in [1.82, 2.24) is 0 Å². The van der Waals surface area contributed by atoms with Crippen molar-refractivity contribution < 1.29 is 5.11 Å². The Morgan fingerprint density at radius 3 is 2.06 bits per heavy atom. The number of nitrogens with zero attached hydrogens (tertiary/aromatic N) is 1. The molecule has 0 atom stereocenters. The number of aliphatic hydroxyl groups is 1. The minimum Gasteiger partial charge on any atom is -0.493 e. The molecule has 0 saturated carbocycles. The van der Waals surface area contributed by atoms with Gasteiger partial charge in [-0.2, -0.15) is 0 Å². The second-order valence-corrected chi connectivity index (χ2v) is 3.41. The van der Waals surface area contributed by atoms with E-state index >= 15 is 0 Å². The third kappa shape index (κ3) is 8.04. The molecule has 2 heteroatoms. The Labute approximate surface area is 100 Å². The maximum absolute atomic E-state index is 9.46. The van der Waals surface area contributed by atoms with Crippen molar-refractivity contribution in [1.29, 1.82) is 0 Å². The molecule has 0 aromatic rings. The first-order valence-corrected chi connectivity index (χ1v) is 5.76. The van der Waals surface area contributed by atoms with Gasteiger partial charge in [0.25, 0.3) is 0 Å². The molecule has 0 aliphatic rings. The van der Waals surface area contributed by atoms with Gasteiger partial charge in [0.1, 0.15) is 0 Å². The highest BCUT2D eigenvalue weighted by atomic mass is 16.3. The fraction of sp³-hybridized carbons (Fsp3) is 0.500. The molecule has 2 nitrogen and oxygen atoms in total. The van der Waals surface area contributed by atoms with Crippen LogP contribution in [-0.4, -0.2) is 10.8 Å². The summed E-state index contributed by atoms with van der Waals surface area (Å²) in [5.74, 6) is 0.0729. The third-order valence-electron chi connectivity index (χ3n) is 1.62. The van der Waals surface area contributed by atoms with Crippen LogP contribution in [-0.2, 0) is 0 Å². The fourth-order valence-corrected chi connectivity index (χ4v) is 0.730. The van der Waals surface area contributed by atoms with E-state index in [2.05, 4.69) is 11.6 Å². The summed E-state index contributed by atoms with van der Waals surface area (Å²) < 4.78 is 0. The average Bonchev–Trinajstić information content (AvgIpc) is 2.26. The standard InChI is InChI=1S/C12H19NO.C2H6/c1-6-7-8-11(9(2)3)13-12(14)10(4)5;1-2/h7-8,14H,2,6H2,1,3-5H3;1-2H3/b8-7-,13-11-;. The van der Waals surface area contributed by atoms with Crippen LogP contribution in [0.2, 0.25) is 0 Å². The SMILES string of the molecule is C=C(C)C(/C=C\CC)=N\C(O)=C(C)C.CC. The molecular formula is C14H25NO. The van der Waals surface area contributed by atoms with Gasteiger partial charge in [0.15, 0.2) is 0 Å². The molecule has 0 aliphatic carbocycles. The van der Waals surface area contributed by atoms with Gasteiger partial charge in [-0.15, -0.1) is 0 Å². The zero-order chi connectivity index (χ0) is 13.1. The molecule has 0 spiro atoms. The van der Waals surface area contributed by atoms with Gasteiger partial charge in [-0.3, -0.25) is 0 Å². The molecular weight excluding hydrogens is 198 g/mol. The highest BCUT2D eigenvalue weighted by Gasteiger charge is 1.98. The van der Waals surface area contributed by atoms with Gasteiger partial charge < -0.3 is 5.11 Å². The summed E-state index contributed by atoms with van der Waals surface area (Å²) in [5, 5.41) is 9.46. The maximum Gasteiger partial charge on any atom is 0.209 e. The molecule has 92 valence electrons. The molecule has 16 heavy (non-hydrogen) atoms. The lowest BCUT2D eigenvalue weighted by Crippen LogP contribution is -1.96. The lowest BCUT2D eigenvalue weighted by molar-refractivity contribution is 0.400. The molecule has 0 amide bonds. The van der Waals surface area contributed by atoms with Crippen LogP contribution in [0.1, 0.15) is 48.0 Å². The van der Waals surface area contributed by atoms with Gasteiger partial charge in [-0.25, -0.2) is 4.99 Å². The minimum absolute atomic E-state index is 0.0729. The van der Waals surface area contributed by atoms with E-state index in [4.69, 9.17) is 0 Å². The maximum atomic E-state index is 9.46. The molecule has 0 bridgehead atoms. The van der Waals surface area contributed by atoms with Crippen molar-refractivity contribution in [3.63, 3.8) is 0 Å². The summed E-state index contributed by atoms with van der Waals surface area (Å²) >= 11 is 0. The number of rotatable bonds is 4. The zero-order valence-electron chi connectivity index (χ0n) is 11.5. The van der Waals surface area contributed by atoms with Crippen LogP contribution in [0.15, 0.2) is 40.8 Å². The highest BCUT2D eigenvalue weighted by Crippen LogP contribution is 2.05. The number of allylic oxidation sites excluding steroid dienone is 4. The van der Waals surface area contributed by atoms with Gasteiger partial charge in [-0.05, 0) is 44.4 Å².